The second kappa shape index (κ2) is 41.9. The molecule has 4 saturated heterocycles. The summed E-state index contributed by atoms with van der Waals surface area (Å²) in [6, 6.07) is 11.3. The van der Waals surface area contributed by atoms with E-state index in [0.717, 1.165) is 152 Å². The number of nitriles is 1. The molecule has 2 aliphatic carbocycles. The highest BCUT2D eigenvalue weighted by atomic mass is 19.1. The Balaban J connectivity index is 0.000000121. The highest BCUT2D eigenvalue weighted by Gasteiger charge is 2.53. The lowest BCUT2D eigenvalue weighted by Crippen LogP contribution is -2.42. The Morgan fingerprint density at radius 2 is 0.687 bits per heavy atom. The molecule has 2 saturated carbocycles. The lowest BCUT2D eigenvalue weighted by Gasteiger charge is -2.34. The van der Waals surface area contributed by atoms with Gasteiger partial charge in [-0.05, 0) is 147 Å². The summed E-state index contributed by atoms with van der Waals surface area (Å²) in [6.07, 6.45) is 37.2. The number of aromatic nitrogens is 23. The molecule has 752 valence electrons. The number of hydrogen-bond acceptors (Lipinski definition) is 32. The first-order valence-corrected chi connectivity index (χ1v) is 46.4. The standard InChI is InChI=1S/C22H21FN8O2.C21H22FN7O2.C19H20FN7O2.C18H18FN7O2.C15H12FN9O/c23-14-9-27-19-17(18(25)29-31(19)11-14)20(32)28-16-10-26-6-1-15(16)13-2-7-30(8-3-13)21(33)22(12-24)4-5-22;22-14-9-25-19-17(18(23)27-29(19)11-14)20(30)26-16-10-24-6-3-15(16)12-4-7-28(8-5-12)21(31)13-1-2-13;1-11(28)26-6-3-12(4-7-26)14-2-5-22-9-15(14)24-19(29)16-17(21)25-27-10-13(20)8-23-18(16)27;1-25-5-3-10(6-14(25)27)12-2-4-21-8-13(12)23-18(28)15-16(20)24-26-9-11(19)7-22-17(15)26;1-24-11(6-20-23-24)9-2-3-18-5-10(9)21-15(26)12-13(17)22-25-7-8(16)4-19-14(12)25/h1,6,9-11,13H,2-5,7-8H2,(H2,25,29)(H,28,32);3,6,9-13H,1-2,4-5,7-8H2,(H2,23,27)(H,26,30);2,5,8-10,12H,3-4,6-7H2,1H3,(H2,21,25)(H,24,29);2,4,7-10H,3,5-6H2,1H3,(H2,20,24)(H,23,28);2-7H,1H3,(H2,17,22)(H,21,26). The molecule has 52 heteroatoms. The van der Waals surface area contributed by atoms with Crippen LogP contribution in [0, 0.1) is 51.8 Å². The second-order valence-electron chi connectivity index (χ2n) is 35.7. The SMILES string of the molecule is CC(=O)N1CCC(c2ccncc2NC(=O)c2c(N)nn3cc(F)cnc23)CC1.CN1CCC(c2ccncc2NC(=O)c2c(N)nn3cc(F)cnc23)CC1=O.Cn1nncc1-c1ccncc1NC(=O)c1c(N)nn2cc(F)cnc12.N#CC1(C(=O)N2CCC(c3ccncc3NC(=O)c3c(N)nn4cc(F)cnc34)CC2)CC1.Nc1nn2cc(F)cnc2c1C(=O)Nc1cnccc1C1CCN(C(=O)C2CC2)CC1. The number of halogens is 5. The van der Waals surface area contributed by atoms with Gasteiger partial charge >= 0.3 is 0 Å². The fourth-order valence-electron chi connectivity index (χ4n) is 18.3. The number of nitrogens with two attached hydrogens (primary N) is 5. The van der Waals surface area contributed by atoms with E-state index in [0.29, 0.717) is 118 Å². The third-order valence-corrected chi connectivity index (χ3v) is 26.2. The summed E-state index contributed by atoms with van der Waals surface area (Å²) in [5.74, 6) is -4.73. The first-order valence-electron chi connectivity index (χ1n) is 46.4. The number of aryl methyl sites for hydroxylation is 1. The first kappa shape index (κ1) is 98.5. The molecule has 0 spiro atoms. The molecule has 15 N–H and O–H groups in total. The lowest BCUT2D eigenvalue weighted by molar-refractivity contribution is -0.136. The average molecular weight is 2010 g/mol. The molecule has 16 aromatic rings. The maximum Gasteiger partial charge on any atom is 0.263 e. The van der Waals surface area contributed by atoms with Gasteiger partial charge in [0.25, 0.3) is 29.5 Å². The zero-order chi connectivity index (χ0) is 103. The lowest BCUT2D eigenvalue weighted by atomic mass is 9.88. The fraction of sp³-hybridized carbons (Fsp3) is 0.295. The van der Waals surface area contributed by atoms with Crippen LogP contribution in [0.25, 0.3) is 39.5 Å². The molecule has 20 heterocycles. The average Bonchev–Trinajstić information content (AvgIpc) is 1.59. The monoisotopic (exact) mass is 2000 g/mol. The van der Waals surface area contributed by atoms with Gasteiger partial charge in [0.05, 0.1) is 139 Å². The predicted molar refractivity (Wildman–Crippen MR) is 519 cm³/mol. The van der Waals surface area contributed by atoms with Crippen LogP contribution in [0.1, 0.15) is 182 Å². The Labute approximate surface area is 829 Å². The number of pyridine rings is 5. The van der Waals surface area contributed by atoms with E-state index in [4.69, 9.17) is 28.7 Å². The molecule has 147 heavy (non-hydrogen) atoms. The van der Waals surface area contributed by atoms with Crippen molar-refractivity contribution in [2.75, 3.05) is 108 Å². The van der Waals surface area contributed by atoms with Gasteiger partial charge in [-0.25, -0.2) is 74.1 Å². The number of anilines is 10. The minimum atomic E-state index is -0.812. The summed E-state index contributed by atoms with van der Waals surface area (Å²) < 4.78 is 74.1. The van der Waals surface area contributed by atoms with Crippen molar-refractivity contribution >= 4 is 139 Å². The van der Waals surface area contributed by atoms with Gasteiger partial charge in [0.1, 0.15) is 33.2 Å². The van der Waals surface area contributed by atoms with Crippen LogP contribution in [-0.2, 0) is 26.2 Å². The fourth-order valence-corrected chi connectivity index (χ4v) is 18.3. The molecule has 0 aromatic carbocycles. The normalized spacial score (nSPS) is 15.7. The summed E-state index contributed by atoms with van der Waals surface area (Å²) in [5, 5.41) is 50.8. The van der Waals surface area contributed by atoms with Gasteiger partial charge in [-0.15, -0.1) is 30.6 Å². The van der Waals surface area contributed by atoms with Crippen molar-refractivity contribution in [3.63, 3.8) is 0 Å². The molecule has 47 nitrogen and oxygen atoms in total. The van der Waals surface area contributed by atoms with E-state index in [1.807, 2.05) is 28.0 Å². The summed E-state index contributed by atoms with van der Waals surface area (Å²) >= 11 is 0. The number of fused-ring (bicyclic) bond motifs is 5. The largest absolute Gasteiger partial charge is 0.381 e. The molecule has 0 radical (unpaired) electrons. The summed E-state index contributed by atoms with van der Waals surface area (Å²) in [7, 11) is 3.51. The number of carbonyl (C=O) groups is 9. The molecule has 6 aliphatic rings. The number of nitrogens with one attached hydrogen (secondary N) is 5. The van der Waals surface area contributed by atoms with E-state index in [-0.39, 0.29) is 138 Å². The number of likely N-dealkylation sites (tertiary alicyclic amines) is 4. The van der Waals surface area contributed by atoms with E-state index < -0.39 is 64.0 Å². The van der Waals surface area contributed by atoms with E-state index in [1.54, 1.807) is 103 Å². The van der Waals surface area contributed by atoms with Crippen LogP contribution < -0.4 is 55.3 Å². The van der Waals surface area contributed by atoms with Crippen LogP contribution in [0.2, 0.25) is 0 Å². The predicted octanol–water partition coefficient (Wildman–Crippen LogP) is 8.47. The van der Waals surface area contributed by atoms with Gasteiger partial charge < -0.3 is 74.9 Å². The van der Waals surface area contributed by atoms with Crippen LogP contribution in [0.5, 0.6) is 0 Å². The number of hydrogen-bond donors (Lipinski definition) is 10. The second-order valence-corrected chi connectivity index (χ2v) is 35.7. The molecule has 16 aromatic heterocycles. The summed E-state index contributed by atoms with van der Waals surface area (Å²) in [4.78, 5) is 161. The third-order valence-electron chi connectivity index (χ3n) is 26.2. The van der Waals surface area contributed by atoms with Crippen LogP contribution in [0.4, 0.5) is 79.5 Å². The van der Waals surface area contributed by atoms with Crippen molar-refractivity contribution in [2.24, 2.45) is 18.4 Å². The van der Waals surface area contributed by atoms with Gasteiger partial charge in [0, 0.05) is 116 Å². The third kappa shape index (κ3) is 21.2. The molecule has 6 fully saturated rings. The molecule has 1 atom stereocenters. The van der Waals surface area contributed by atoms with Crippen LogP contribution >= 0.6 is 0 Å². The van der Waals surface area contributed by atoms with Crippen LogP contribution in [0.15, 0.2) is 160 Å². The van der Waals surface area contributed by atoms with Crippen molar-refractivity contribution in [2.45, 2.75) is 108 Å². The smallest absolute Gasteiger partial charge is 0.263 e. The summed E-state index contributed by atoms with van der Waals surface area (Å²) in [5.41, 5.74) is 37.3. The number of carbonyl (C=O) groups excluding carboxylic acids is 9. The van der Waals surface area contributed by atoms with Crippen LogP contribution in [-0.4, -0.2) is 239 Å². The van der Waals surface area contributed by atoms with E-state index >= 15 is 0 Å². The Hall–Kier alpha value is -18.6. The van der Waals surface area contributed by atoms with Gasteiger partial charge in [0.15, 0.2) is 86.4 Å². The molecule has 0 bridgehead atoms. The van der Waals surface area contributed by atoms with E-state index in [1.165, 1.54) is 12.4 Å². The maximum atomic E-state index is 13.4. The number of rotatable bonds is 17. The highest BCUT2D eigenvalue weighted by molar-refractivity contribution is 6.15. The topological polar surface area (TPSA) is 627 Å². The van der Waals surface area contributed by atoms with Crippen LogP contribution in [0.3, 0.4) is 0 Å². The minimum absolute atomic E-state index is 0.0181. The van der Waals surface area contributed by atoms with E-state index in [9.17, 15) is 70.4 Å². The zero-order valence-electron chi connectivity index (χ0n) is 78.8. The summed E-state index contributed by atoms with van der Waals surface area (Å²) in [6.45, 7) is 6.10. The number of nitrogens with zero attached hydrogens (tertiary/aromatic N) is 28. The van der Waals surface area contributed by atoms with Crippen molar-refractivity contribution < 1.29 is 65.1 Å². The van der Waals surface area contributed by atoms with Gasteiger partial charge in [0.2, 0.25) is 23.6 Å². The molecular formula is C95H93F5N38O9. The Kier molecular flexibility index (Phi) is 28.1. The Morgan fingerprint density at radius 3 is 0.986 bits per heavy atom. The minimum Gasteiger partial charge on any atom is -0.381 e. The number of nitrogen functional groups attached to an aromatic ring is 5. The van der Waals surface area contributed by atoms with Crippen molar-refractivity contribution in [3.8, 4) is 17.3 Å². The van der Waals surface area contributed by atoms with Gasteiger partial charge in [-0.2, -0.15) is 5.26 Å². The van der Waals surface area contributed by atoms with E-state index in [2.05, 4.69) is 118 Å². The number of piperidine rings is 4. The quantitative estimate of drug-likeness (QED) is 0.0382. The highest BCUT2D eigenvalue weighted by Crippen LogP contribution is 2.48. The molecule has 22 rings (SSSR count). The van der Waals surface area contributed by atoms with Crippen molar-refractivity contribution in [1.82, 2.24) is 133 Å². The molecular weight excluding hydrogens is 1910 g/mol. The maximum absolute atomic E-state index is 13.4. The molecule has 4 aliphatic heterocycles. The Bertz CT molecular complexity index is 7880. The molecule has 1 unspecified atom stereocenters. The Morgan fingerprint density at radius 1 is 0.388 bits per heavy atom. The molecule has 9 amide bonds. The number of amides is 9. The van der Waals surface area contributed by atoms with Crippen molar-refractivity contribution in [3.05, 3.63) is 240 Å². The van der Waals surface area contributed by atoms with Gasteiger partial charge in [-0.3, -0.25) is 68.1 Å². The van der Waals surface area contributed by atoms with Gasteiger partial charge in [-0.1, -0.05) is 5.21 Å². The van der Waals surface area contributed by atoms with Crippen molar-refractivity contribution in [1.29, 1.82) is 5.26 Å². The zero-order valence-corrected chi connectivity index (χ0v) is 78.8. The first-order chi connectivity index (χ1) is 70.8.